The molecule has 18 heavy (non-hydrogen) atoms. The van der Waals surface area contributed by atoms with Crippen molar-refractivity contribution in [1.82, 2.24) is 24.7 Å². The Labute approximate surface area is 112 Å². The number of hydrogen-bond donors (Lipinski definition) is 1. The lowest BCUT2D eigenvalue weighted by atomic mass is 10.3. The second-order valence-corrected chi connectivity index (χ2v) is 4.94. The van der Waals surface area contributed by atoms with Crippen molar-refractivity contribution in [2.24, 2.45) is 7.05 Å². The Morgan fingerprint density at radius 1 is 1.44 bits per heavy atom. The molecule has 0 aliphatic rings. The summed E-state index contributed by atoms with van der Waals surface area (Å²) in [5.74, 6) is 0.742. The SMILES string of the molecule is Cn1c(-c2csc(-c3cccnc3)n2)n[nH]c1=S. The second-order valence-electron chi connectivity index (χ2n) is 3.69. The summed E-state index contributed by atoms with van der Waals surface area (Å²) in [6, 6.07) is 3.88. The van der Waals surface area contributed by atoms with E-state index in [0.717, 1.165) is 22.1 Å². The molecule has 0 saturated carbocycles. The maximum absolute atomic E-state index is 5.08. The van der Waals surface area contributed by atoms with Gasteiger partial charge in [-0.25, -0.2) is 4.98 Å². The molecule has 0 amide bonds. The zero-order valence-corrected chi connectivity index (χ0v) is 11.1. The molecule has 3 heterocycles. The lowest BCUT2D eigenvalue weighted by Gasteiger charge is -1.95. The van der Waals surface area contributed by atoms with Crippen molar-refractivity contribution in [3.63, 3.8) is 0 Å². The van der Waals surface area contributed by atoms with E-state index in [2.05, 4.69) is 20.2 Å². The van der Waals surface area contributed by atoms with E-state index in [1.807, 2.05) is 24.6 Å². The summed E-state index contributed by atoms with van der Waals surface area (Å²) in [5, 5.41) is 9.81. The lowest BCUT2D eigenvalue weighted by molar-refractivity contribution is 0.898. The van der Waals surface area contributed by atoms with Gasteiger partial charge in [0, 0.05) is 30.4 Å². The van der Waals surface area contributed by atoms with Gasteiger partial charge in [0.1, 0.15) is 10.7 Å². The predicted octanol–water partition coefficient (Wildman–Crippen LogP) is 2.66. The molecule has 1 N–H and O–H groups in total. The van der Waals surface area contributed by atoms with Crippen molar-refractivity contribution < 1.29 is 0 Å². The van der Waals surface area contributed by atoms with Gasteiger partial charge in [0.2, 0.25) is 0 Å². The minimum atomic E-state index is 0.584. The van der Waals surface area contributed by atoms with Crippen LogP contribution in [0.4, 0.5) is 0 Å². The first-order valence-corrected chi connectivity index (χ1v) is 6.52. The van der Waals surface area contributed by atoms with Gasteiger partial charge in [0.25, 0.3) is 0 Å². The van der Waals surface area contributed by atoms with Gasteiger partial charge in [-0.05, 0) is 24.4 Å². The Bertz CT molecular complexity index is 725. The highest BCUT2D eigenvalue weighted by Crippen LogP contribution is 2.27. The normalized spacial score (nSPS) is 10.7. The molecule has 0 radical (unpaired) electrons. The topological polar surface area (TPSA) is 59.4 Å². The van der Waals surface area contributed by atoms with Crippen LogP contribution >= 0.6 is 23.6 Å². The number of aromatic amines is 1. The van der Waals surface area contributed by atoms with Gasteiger partial charge in [0.15, 0.2) is 10.6 Å². The third kappa shape index (κ3) is 1.87. The highest BCUT2D eigenvalue weighted by atomic mass is 32.1. The first-order valence-electron chi connectivity index (χ1n) is 5.23. The molecule has 3 aromatic heterocycles. The van der Waals surface area contributed by atoms with Crippen molar-refractivity contribution in [1.29, 1.82) is 0 Å². The molecule has 3 rings (SSSR count). The number of nitrogens with one attached hydrogen (secondary N) is 1. The molecular weight excluding hydrogens is 266 g/mol. The van der Waals surface area contributed by atoms with E-state index in [0.29, 0.717) is 4.77 Å². The van der Waals surface area contributed by atoms with Gasteiger partial charge < -0.3 is 4.57 Å². The fraction of sp³-hybridized carbons (Fsp3) is 0.0909. The Kier molecular flexibility index (Phi) is 2.77. The van der Waals surface area contributed by atoms with Crippen molar-refractivity contribution in [3.05, 3.63) is 34.7 Å². The average Bonchev–Trinajstić information content (AvgIpc) is 3.00. The van der Waals surface area contributed by atoms with Gasteiger partial charge >= 0.3 is 0 Å². The van der Waals surface area contributed by atoms with E-state index in [4.69, 9.17) is 12.2 Å². The summed E-state index contributed by atoms with van der Waals surface area (Å²) in [4.78, 5) is 8.64. The number of aromatic nitrogens is 5. The van der Waals surface area contributed by atoms with Crippen LogP contribution in [0.5, 0.6) is 0 Å². The molecule has 0 unspecified atom stereocenters. The van der Waals surface area contributed by atoms with Crippen LogP contribution in [0.2, 0.25) is 0 Å². The third-order valence-electron chi connectivity index (χ3n) is 2.52. The molecule has 5 nitrogen and oxygen atoms in total. The summed E-state index contributed by atoms with van der Waals surface area (Å²) in [6.07, 6.45) is 3.54. The van der Waals surface area contributed by atoms with E-state index in [9.17, 15) is 0 Å². The van der Waals surface area contributed by atoms with Gasteiger partial charge in [-0.3, -0.25) is 10.1 Å². The number of H-pyrrole nitrogens is 1. The molecule has 3 aromatic rings. The van der Waals surface area contributed by atoms with E-state index < -0.39 is 0 Å². The van der Waals surface area contributed by atoms with Crippen LogP contribution in [-0.2, 0) is 7.05 Å². The maximum atomic E-state index is 5.08. The standard InChI is InChI=1S/C11H9N5S2/c1-16-9(14-15-11(16)17)8-6-18-10(13-8)7-3-2-4-12-5-7/h2-6H,1H3,(H,15,17). The Morgan fingerprint density at radius 2 is 2.33 bits per heavy atom. The van der Waals surface area contributed by atoms with Crippen LogP contribution < -0.4 is 0 Å². The fourth-order valence-electron chi connectivity index (χ4n) is 1.57. The Hall–Kier alpha value is -1.86. The monoisotopic (exact) mass is 275 g/mol. The molecule has 0 spiro atoms. The molecule has 0 fully saturated rings. The molecule has 0 aliphatic carbocycles. The molecule has 0 aromatic carbocycles. The van der Waals surface area contributed by atoms with Crippen molar-refractivity contribution in [2.45, 2.75) is 0 Å². The summed E-state index contributed by atoms with van der Waals surface area (Å²) in [7, 11) is 1.87. The molecular formula is C11H9N5S2. The zero-order valence-electron chi connectivity index (χ0n) is 9.49. The largest absolute Gasteiger partial charge is 0.302 e. The first-order chi connectivity index (χ1) is 8.75. The zero-order chi connectivity index (χ0) is 12.5. The number of pyridine rings is 1. The van der Waals surface area contributed by atoms with Crippen LogP contribution in [0, 0.1) is 4.77 Å². The van der Waals surface area contributed by atoms with Crippen LogP contribution in [0.25, 0.3) is 22.1 Å². The van der Waals surface area contributed by atoms with Gasteiger partial charge in [-0.1, -0.05) is 0 Å². The minimum Gasteiger partial charge on any atom is -0.302 e. The van der Waals surface area contributed by atoms with Crippen LogP contribution in [0.15, 0.2) is 29.9 Å². The summed E-state index contributed by atoms with van der Waals surface area (Å²) in [5.41, 5.74) is 1.82. The van der Waals surface area contributed by atoms with Crippen LogP contribution in [0.1, 0.15) is 0 Å². The van der Waals surface area contributed by atoms with Crippen molar-refractivity contribution in [3.8, 4) is 22.1 Å². The van der Waals surface area contributed by atoms with Gasteiger partial charge in [-0.15, -0.1) is 11.3 Å². The number of thiazole rings is 1. The quantitative estimate of drug-likeness (QED) is 0.730. The third-order valence-corrected chi connectivity index (χ3v) is 3.78. The summed E-state index contributed by atoms with van der Waals surface area (Å²) >= 11 is 6.65. The number of nitrogens with zero attached hydrogens (tertiary/aromatic N) is 4. The Balaban J connectivity index is 2.05. The molecule has 0 aliphatic heterocycles. The molecule has 7 heteroatoms. The summed E-state index contributed by atoms with van der Waals surface area (Å²) in [6.45, 7) is 0. The summed E-state index contributed by atoms with van der Waals surface area (Å²) < 4.78 is 2.39. The molecule has 0 atom stereocenters. The van der Waals surface area contributed by atoms with E-state index in [1.54, 1.807) is 28.3 Å². The smallest absolute Gasteiger partial charge is 0.195 e. The van der Waals surface area contributed by atoms with Crippen LogP contribution in [-0.4, -0.2) is 24.7 Å². The van der Waals surface area contributed by atoms with Gasteiger partial charge in [0.05, 0.1) is 0 Å². The minimum absolute atomic E-state index is 0.584. The maximum Gasteiger partial charge on any atom is 0.195 e. The van der Waals surface area contributed by atoms with E-state index in [1.165, 1.54) is 0 Å². The van der Waals surface area contributed by atoms with Crippen molar-refractivity contribution >= 4 is 23.6 Å². The van der Waals surface area contributed by atoms with Crippen LogP contribution in [0.3, 0.4) is 0 Å². The molecule has 0 bridgehead atoms. The van der Waals surface area contributed by atoms with E-state index in [-0.39, 0.29) is 0 Å². The first kappa shape index (κ1) is 11.2. The fourth-order valence-corrected chi connectivity index (χ4v) is 2.50. The highest BCUT2D eigenvalue weighted by molar-refractivity contribution is 7.71. The Morgan fingerprint density at radius 3 is 3.00 bits per heavy atom. The number of hydrogen-bond acceptors (Lipinski definition) is 5. The van der Waals surface area contributed by atoms with E-state index >= 15 is 0 Å². The van der Waals surface area contributed by atoms with Crippen molar-refractivity contribution in [2.75, 3.05) is 0 Å². The predicted molar refractivity (Wildman–Crippen MR) is 72.7 cm³/mol. The molecule has 90 valence electrons. The van der Waals surface area contributed by atoms with Gasteiger partial charge in [-0.2, -0.15) is 5.10 Å². The second kappa shape index (κ2) is 4.43. The lowest BCUT2D eigenvalue weighted by Crippen LogP contribution is -1.92. The number of rotatable bonds is 2. The highest BCUT2D eigenvalue weighted by Gasteiger charge is 2.11. The average molecular weight is 275 g/mol. The molecule has 0 saturated heterocycles.